The van der Waals surface area contributed by atoms with Crippen molar-refractivity contribution in [3.05, 3.63) is 65.7 Å². The van der Waals surface area contributed by atoms with E-state index in [1.165, 1.54) is 16.2 Å². The van der Waals surface area contributed by atoms with Gasteiger partial charge in [0, 0.05) is 30.1 Å². The van der Waals surface area contributed by atoms with Crippen LogP contribution in [0, 0.1) is 0 Å². The third-order valence-corrected chi connectivity index (χ3v) is 5.16. The third-order valence-electron chi connectivity index (χ3n) is 4.08. The SMILES string of the molecule is CCN(CC)c1ccc(C2=C(c3ccccc3)OCCS2)cc1. The van der Waals surface area contributed by atoms with Crippen molar-refractivity contribution in [2.24, 2.45) is 0 Å². The number of rotatable bonds is 5. The summed E-state index contributed by atoms with van der Waals surface area (Å²) in [7, 11) is 0. The van der Waals surface area contributed by atoms with Gasteiger partial charge in [-0.1, -0.05) is 42.5 Å². The molecule has 2 aromatic carbocycles. The fourth-order valence-electron chi connectivity index (χ4n) is 2.85. The Morgan fingerprint density at radius 2 is 1.61 bits per heavy atom. The van der Waals surface area contributed by atoms with E-state index in [9.17, 15) is 0 Å². The van der Waals surface area contributed by atoms with Crippen LogP contribution in [0.1, 0.15) is 25.0 Å². The maximum Gasteiger partial charge on any atom is 0.140 e. The van der Waals surface area contributed by atoms with Crippen molar-refractivity contribution in [3.63, 3.8) is 0 Å². The highest BCUT2D eigenvalue weighted by atomic mass is 32.2. The Balaban J connectivity index is 1.96. The van der Waals surface area contributed by atoms with Gasteiger partial charge in [0.1, 0.15) is 5.76 Å². The Hall–Kier alpha value is -1.87. The largest absolute Gasteiger partial charge is 0.491 e. The summed E-state index contributed by atoms with van der Waals surface area (Å²) in [5, 5.41) is 0. The van der Waals surface area contributed by atoms with E-state index in [0.717, 1.165) is 36.8 Å². The summed E-state index contributed by atoms with van der Waals surface area (Å²) in [6, 6.07) is 19.3. The van der Waals surface area contributed by atoms with E-state index < -0.39 is 0 Å². The minimum atomic E-state index is 0.774. The van der Waals surface area contributed by atoms with Gasteiger partial charge in [0.25, 0.3) is 0 Å². The molecule has 0 aliphatic carbocycles. The Bertz CT molecular complexity index is 660. The van der Waals surface area contributed by atoms with Gasteiger partial charge in [0.15, 0.2) is 0 Å². The van der Waals surface area contributed by atoms with E-state index in [1.807, 2.05) is 17.8 Å². The molecule has 2 nitrogen and oxygen atoms in total. The molecule has 120 valence electrons. The molecule has 3 rings (SSSR count). The second kappa shape index (κ2) is 7.60. The molecule has 1 heterocycles. The van der Waals surface area contributed by atoms with Gasteiger partial charge in [0.05, 0.1) is 11.5 Å². The van der Waals surface area contributed by atoms with Crippen LogP contribution in [0.3, 0.4) is 0 Å². The first kappa shape index (κ1) is 16.0. The third kappa shape index (κ3) is 3.56. The van der Waals surface area contributed by atoms with Crippen LogP contribution in [0.2, 0.25) is 0 Å². The summed E-state index contributed by atoms with van der Waals surface area (Å²) >= 11 is 1.89. The van der Waals surface area contributed by atoms with Gasteiger partial charge in [-0.25, -0.2) is 0 Å². The fraction of sp³-hybridized carbons (Fsp3) is 0.300. The van der Waals surface area contributed by atoms with Crippen LogP contribution in [-0.4, -0.2) is 25.4 Å². The van der Waals surface area contributed by atoms with Gasteiger partial charge in [0.2, 0.25) is 0 Å². The van der Waals surface area contributed by atoms with Crippen molar-refractivity contribution in [1.29, 1.82) is 0 Å². The number of hydrogen-bond donors (Lipinski definition) is 0. The maximum atomic E-state index is 6.00. The van der Waals surface area contributed by atoms with E-state index >= 15 is 0 Å². The zero-order chi connectivity index (χ0) is 16.1. The molecule has 0 spiro atoms. The number of benzene rings is 2. The van der Waals surface area contributed by atoms with E-state index in [0.29, 0.717) is 0 Å². The second-order valence-electron chi connectivity index (χ2n) is 5.44. The van der Waals surface area contributed by atoms with Crippen LogP contribution in [0.15, 0.2) is 54.6 Å². The normalized spacial score (nSPS) is 14.5. The molecular formula is C20H23NOS. The van der Waals surface area contributed by atoms with Crippen molar-refractivity contribution >= 4 is 28.1 Å². The Morgan fingerprint density at radius 3 is 2.26 bits per heavy atom. The zero-order valence-corrected chi connectivity index (χ0v) is 14.6. The number of ether oxygens (including phenoxy) is 1. The Kier molecular flexibility index (Phi) is 5.29. The summed E-state index contributed by atoms with van der Waals surface area (Å²) in [6.07, 6.45) is 0. The molecule has 3 heteroatoms. The van der Waals surface area contributed by atoms with Crippen molar-refractivity contribution in [2.75, 3.05) is 30.3 Å². The monoisotopic (exact) mass is 325 g/mol. The highest BCUT2D eigenvalue weighted by Crippen LogP contribution is 2.39. The topological polar surface area (TPSA) is 12.5 Å². The van der Waals surface area contributed by atoms with Crippen molar-refractivity contribution < 1.29 is 4.74 Å². The smallest absolute Gasteiger partial charge is 0.140 e. The lowest BCUT2D eigenvalue weighted by molar-refractivity contribution is 0.301. The zero-order valence-electron chi connectivity index (χ0n) is 13.8. The molecule has 0 saturated carbocycles. The van der Waals surface area contributed by atoms with Crippen LogP contribution in [0.4, 0.5) is 5.69 Å². The molecule has 0 aromatic heterocycles. The standard InChI is InChI=1S/C20H23NOS/c1-3-21(4-2)18-12-10-17(11-13-18)20-19(22-14-15-23-20)16-8-6-5-7-9-16/h5-13H,3-4,14-15H2,1-2H3. The van der Waals surface area contributed by atoms with Gasteiger partial charge in [-0.05, 0) is 31.5 Å². The van der Waals surface area contributed by atoms with Crippen LogP contribution in [-0.2, 0) is 4.74 Å². The van der Waals surface area contributed by atoms with Gasteiger partial charge >= 0.3 is 0 Å². The predicted octanol–water partition coefficient (Wildman–Crippen LogP) is 5.12. The molecule has 0 fully saturated rings. The predicted molar refractivity (Wildman–Crippen MR) is 102 cm³/mol. The number of hydrogen-bond acceptors (Lipinski definition) is 3. The summed E-state index contributed by atoms with van der Waals surface area (Å²) in [5.74, 6) is 2.01. The number of nitrogens with zero attached hydrogens (tertiary/aromatic N) is 1. The Labute approximate surface area is 143 Å². The quantitative estimate of drug-likeness (QED) is 0.757. The van der Waals surface area contributed by atoms with Crippen molar-refractivity contribution in [1.82, 2.24) is 0 Å². The molecule has 0 radical (unpaired) electrons. The molecule has 0 atom stereocenters. The maximum absolute atomic E-state index is 6.00. The van der Waals surface area contributed by atoms with Gasteiger partial charge in [-0.15, -0.1) is 11.8 Å². The first-order chi connectivity index (χ1) is 11.3. The summed E-state index contributed by atoms with van der Waals surface area (Å²) in [6.45, 7) is 7.23. The van der Waals surface area contributed by atoms with Crippen molar-refractivity contribution in [3.8, 4) is 0 Å². The fourth-order valence-corrected chi connectivity index (χ4v) is 3.83. The van der Waals surface area contributed by atoms with E-state index in [-0.39, 0.29) is 0 Å². The van der Waals surface area contributed by atoms with Gasteiger partial charge in [-0.3, -0.25) is 0 Å². The van der Waals surface area contributed by atoms with E-state index in [2.05, 4.69) is 67.3 Å². The molecule has 23 heavy (non-hydrogen) atoms. The van der Waals surface area contributed by atoms with E-state index in [1.54, 1.807) is 0 Å². The Morgan fingerprint density at radius 1 is 0.913 bits per heavy atom. The lowest BCUT2D eigenvalue weighted by atomic mass is 10.1. The number of anilines is 1. The highest BCUT2D eigenvalue weighted by molar-refractivity contribution is 8.08. The van der Waals surface area contributed by atoms with Gasteiger partial charge in [-0.2, -0.15) is 0 Å². The molecule has 0 unspecified atom stereocenters. The van der Waals surface area contributed by atoms with Crippen LogP contribution < -0.4 is 4.90 Å². The molecule has 0 saturated heterocycles. The second-order valence-corrected chi connectivity index (χ2v) is 6.55. The van der Waals surface area contributed by atoms with Crippen LogP contribution in [0.5, 0.6) is 0 Å². The van der Waals surface area contributed by atoms with Crippen LogP contribution >= 0.6 is 11.8 Å². The summed E-state index contributed by atoms with van der Waals surface area (Å²) in [5.41, 5.74) is 3.68. The first-order valence-corrected chi connectivity index (χ1v) is 9.22. The molecule has 1 aliphatic heterocycles. The van der Waals surface area contributed by atoms with Crippen LogP contribution in [0.25, 0.3) is 10.7 Å². The molecule has 2 aromatic rings. The molecule has 1 aliphatic rings. The molecule has 0 amide bonds. The van der Waals surface area contributed by atoms with Gasteiger partial charge < -0.3 is 9.64 Å². The summed E-state index contributed by atoms with van der Waals surface area (Å²) < 4.78 is 6.00. The molecule has 0 bridgehead atoms. The minimum Gasteiger partial charge on any atom is -0.491 e. The number of thioether (sulfide) groups is 1. The average molecular weight is 325 g/mol. The molecule has 0 N–H and O–H groups in total. The summed E-state index contributed by atoms with van der Waals surface area (Å²) in [4.78, 5) is 3.61. The lowest BCUT2D eigenvalue weighted by Crippen LogP contribution is -2.21. The lowest BCUT2D eigenvalue weighted by Gasteiger charge is -2.23. The average Bonchev–Trinajstić information content (AvgIpc) is 2.64. The first-order valence-electron chi connectivity index (χ1n) is 8.24. The van der Waals surface area contributed by atoms with E-state index in [4.69, 9.17) is 4.74 Å². The molecular weight excluding hydrogens is 302 g/mol. The van der Waals surface area contributed by atoms with Crippen molar-refractivity contribution in [2.45, 2.75) is 13.8 Å². The minimum absolute atomic E-state index is 0.774. The highest BCUT2D eigenvalue weighted by Gasteiger charge is 2.18.